The van der Waals surface area contributed by atoms with Crippen LogP contribution in [-0.4, -0.2) is 0 Å². The van der Waals surface area contributed by atoms with Crippen LogP contribution in [0.1, 0.15) is 11.1 Å². The van der Waals surface area contributed by atoms with Gasteiger partial charge in [0.1, 0.15) is 12.4 Å². The number of hydrogen-bond donors (Lipinski definition) is 0. The van der Waals surface area contributed by atoms with Crippen LogP contribution in [0.4, 0.5) is 11.4 Å². The second-order valence-corrected chi connectivity index (χ2v) is 5.64. The van der Waals surface area contributed by atoms with Crippen molar-refractivity contribution in [2.24, 2.45) is 10.2 Å². The SMILES string of the molecule is N#Cc1ccc(N=Nc2ccc(OCc3ccccc3Cl)cc2)cc1. The van der Waals surface area contributed by atoms with Gasteiger partial charge in [0, 0.05) is 10.6 Å². The van der Waals surface area contributed by atoms with Gasteiger partial charge in [-0.15, -0.1) is 0 Å². The fraction of sp³-hybridized carbons (Fsp3) is 0.0500. The zero-order valence-electron chi connectivity index (χ0n) is 13.3. The van der Waals surface area contributed by atoms with Crippen LogP contribution in [0.15, 0.2) is 83.0 Å². The highest BCUT2D eigenvalue weighted by Gasteiger charge is 2.00. The van der Waals surface area contributed by atoms with Gasteiger partial charge in [-0.05, 0) is 54.6 Å². The number of halogens is 1. The van der Waals surface area contributed by atoms with Crippen LogP contribution in [0, 0.1) is 11.3 Å². The van der Waals surface area contributed by atoms with E-state index in [1.807, 2.05) is 48.5 Å². The summed E-state index contributed by atoms with van der Waals surface area (Å²) in [4.78, 5) is 0. The second-order valence-electron chi connectivity index (χ2n) is 5.23. The molecule has 0 amide bonds. The first kappa shape index (κ1) is 16.7. The lowest BCUT2D eigenvalue weighted by atomic mass is 10.2. The Balaban J connectivity index is 1.61. The van der Waals surface area contributed by atoms with Gasteiger partial charge in [-0.25, -0.2) is 0 Å². The maximum absolute atomic E-state index is 8.77. The van der Waals surface area contributed by atoms with Crippen molar-refractivity contribution in [1.82, 2.24) is 0 Å². The van der Waals surface area contributed by atoms with Crippen molar-refractivity contribution in [2.45, 2.75) is 6.61 Å². The molecule has 3 rings (SSSR count). The molecule has 3 aromatic carbocycles. The van der Waals surface area contributed by atoms with Crippen molar-refractivity contribution in [1.29, 1.82) is 5.26 Å². The fourth-order valence-electron chi connectivity index (χ4n) is 2.10. The third kappa shape index (κ3) is 4.66. The van der Waals surface area contributed by atoms with E-state index in [-0.39, 0.29) is 0 Å². The molecule has 4 nitrogen and oxygen atoms in total. The Morgan fingerprint density at radius 1 is 0.840 bits per heavy atom. The predicted molar refractivity (Wildman–Crippen MR) is 97.6 cm³/mol. The minimum atomic E-state index is 0.409. The first-order valence-corrected chi connectivity index (χ1v) is 8.00. The summed E-state index contributed by atoms with van der Waals surface area (Å²) in [6.45, 7) is 0.409. The largest absolute Gasteiger partial charge is 0.489 e. The monoisotopic (exact) mass is 347 g/mol. The van der Waals surface area contributed by atoms with Crippen molar-refractivity contribution in [3.63, 3.8) is 0 Å². The minimum Gasteiger partial charge on any atom is -0.489 e. The molecule has 0 unspecified atom stereocenters. The summed E-state index contributed by atoms with van der Waals surface area (Å²) in [7, 11) is 0. The Morgan fingerprint density at radius 2 is 1.44 bits per heavy atom. The Hall–Kier alpha value is -3.16. The van der Waals surface area contributed by atoms with E-state index in [1.54, 1.807) is 24.3 Å². The lowest BCUT2D eigenvalue weighted by molar-refractivity contribution is 0.306. The Bertz CT molecular complexity index is 913. The van der Waals surface area contributed by atoms with E-state index >= 15 is 0 Å². The highest BCUT2D eigenvalue weighted by Crippen LogP contribution is 2.23. The zero-order chi connectivity index (χ0) is 17.5. The number of rotatable bonds is 5. The van der Waals surface area contributed by atoms with Crippen LogP contribution in [0.5, 0.6) is 5.75 Å². The Labute approximate surface area is 151 Å². The molecule has 0 aliphatic carbocycles. The van der Waals surface area contributed by atoms with E-state index in [0.29, 0.717) is 22.9 Å². The van der Waals surface area contributed by atoms with E-state index in [4.69, 9.17) is 21.6 Å². The van der Waals surface area contributed by atoms with Crippen LogP contribution < -0.4 is 4.74 Å². The predicted octanol–water partition coefficient (Wildman–Crippen LogP) is 6.21. The van der Waals surface area contributed by atoms with Crippen molar-refractivity contribution >= 4 is 23.0 Å². The smallest absolute Gasteiger partial charge is 0.119 e. The van der Waals surface area contributed by atoms with Gasteiger partial charge in [0.15, 0.2) is 0 Å². The summed E-state index contributed by atoms with van der Waals surface area (Å²) in [5.74, 6) is 0.734. The third-order valence-electron chi connectivity index (χ3n) is 3.47. The van der Waals surface area contributed by atoms with E-state index in [1.165, 1.54) is 0 Å². The van der Waals surface area contributed by atoms with Crippen LogP contribution in [0.2, 0.25) is 5.02 Å². The summed E-state index contributed by atoms with van der Waals surface area (Å²) in [6.07, 6.45) is 0. The third-order valence-corrected chi connectivity index (χ3v) is 3.83. The van der Waals surface area contributed by atoms with Gasteiger partial charge in [-0.1, -0.05) is 29.8 Å². The summed E-state index contributed by atoms with van der Waals surface area (Å²) >= 11 is 6.11. The second kappa shape index (κ2) is 8.09. The molecular weight excluding hydrogens is 334 g/mol. The number of hydrogen-bond acceptors (Lipinski definition) is 4. The fourth-order valence-corrected chi connectivity index (χ4v) is 2.29. The number of benzene rings is 3. The molecule has 0 aliphatic rings. The molecule has 3 aromatic rings. The molecule has 5 heteroatoms. The van der Waals surface area contributed by atoms with Gasteiger partial charge >= 0.3 is 0 Å². The lowest BCUT2D eigenvalue weighted by Crippen LogP contribution is -1.95. The summed E-state index contributed by atoms with van der Waals surface area (Å²) in [5.41, 5.74) is 2.94. The van der Waals surface area contributed by atoms with Crippen LogP contribution in [-0.2, 0) is 6.61 Å². The quantitative estimate of drug-likeness (QED) is 0.515. The normalized spacial score (nSPS) is 10.6. The van der Waals surface area contributed by atoms with E-state index in [0.717, 1.165) is 17.0 Å². The first-order chi connectivity index (χ1) is 12.2. The minimum absolute atomic E-state index is 0.409. The molecular formula is C20H14ClN3O. The molecule has 0 saturated heterocycles. The summed E-state index contributed by atoms with van der Waals surface area (Å²) in [6, 6.07) is 23.9. The van der Waals surface area contributed by atoms with Gasteiger partial charge in [-0.2, -0.15) is 15.5 Å². The Morgan fingerprint density at radius 3 is 2.04 bits per heavy atom. The van der Waals surface area contributed by atoms with Crippen molar-refractivity contribution < 1.29 is 4.74 Å². The molecule has 0 radical (unpaired) electrons. The molecule has 0 saturated carbocycles. The maximum Gasteiger partial charge on any atom is 0.119 e. The highest BCUT2D eigenvalue weighted by atomic mass is 35.5. The molecule has 0 atom stereocenters. The molecule has 0 heterocycles. The molecule has 25 heavy (non-hydrogen) atoms. The van der Waals surface area contributed by atoms with E-state index in [9.17, 15) is 0 Å². The average Bonchev–Trinajstić information content (AvgIpc) is 2.67. The van der Waals surface area contributed by atoms with Gasteiger partial charge in [-0.3, -0.25) is 0 Å². The maximum atomic E-state index is 8.77. The molecule has 0 bridgehead atoms. The van der Waals surface area contributed by atoms with Gasteiger partial charge in [0.05, 0.1) is 23.0 Å². The molecule has 0 spiro atoms. The molecule has 0 aliphatic heterocycles. The summed E-state index contributed by atoms with van der Waals surface area (Å²) in [5, 5.41) is 17.8. The van der Waals surface area contributed by atoms with E-state index < -0.39 is 0 Å². The standard InChI is InChI=1S/C20H14ClN3O/c21-20-4-2-1-3-16(20)14-25-19-11-9-18(10-12-19)24-23-17-7-5-15(13-22)6-8-17/h1-12H,14H2. The lowest BCUT2D eigenvalue weighted by Gasteiger charge is -2.07. The molecule has 0 N–H and O–H groups in total. The van der Waals surface area contributed by atoms with E-state index in [2.05, 4.69) is 16.3 Å². The van der Waals surface area contributed by atoms with Gasteiger partial charge in [0.2, 0.25) is 0 Å². The molecule has 0 aromatic heterocycles. The number of azo groups is 1. The van der Waals surface area contributed by atoms with Crippen molar-refractivity contribution in [2.75, 3.05) is 0 Å². The van der Waals surface area contributed by atoms with Crippen LogP contribution in [0.3, 0.4) is 0 Å². The highest BCUT2D eigenvalue weighted by molar-refractivity contribution is 6.31. The van der Waals surface area contributed by atoms with Crippen LogP contribution in [0.25, 0.3) is 0 Å². The van der Waals surface area contributed by atoms with Crippen molar-refractivity contribution in [3.05, 3.63) is 88.9 Å². The number of nitrogens with zero attached hydrogens (tertiary/aromatic N) is 3. The number of nitriles is 1. The first-order valence-electron chi connectivity index (χ1n) is 7.63. The van der Waals surface area contributed by atoms with Crippen molar-refractivity contribution in [3.8, 4) is 11.8 Å². The van der Waals surface area contributed by atoms with Crippen LogP contribution >= 0.6 is 11.6 Å². The zero-order valence-corrected chi connectivity index (χ0v) is 14.0. The molecule has 122 valence electrons. The Kier molecular flexibility index (Phi) is 5.40. The topological polar surface area (TPSA) is 57.7 Å². The van der Waals surface area contributed by atoms with Gasteiger partial charge < -0.3 is 4.74 Å². The average molecular weight is 348 g/mol. The molecule has 0 fully saturated rings. The number of ether oxygens (including phenoxy) is 1. The van der Waals surface area contributed by atoms with Gasteiger partial charge in [0.25, 0.3) is 0 Å². The summed E-state index contributed by atoms with van der Waals surface area (Å²) < 4.78 is 5.73.